The summed E-state index contributed by atoms with van der Waals surface area (Å²) in [5.41, 5.74) is 1.49. The number of aromatic nitrogens is 2. The van der Waals surface area contributed by atoms with Gasteiger partial charge in [0.05, 0.1) is 0 Å². The molecule has 0 radical (unpaired) electrons. The van der Waals surface area contributed by atoms with E-state index < -0.39 is 18.0 Å². The molecule has 2 N–H and O–H groups in total. The quantitative estimate of drug-likeness (QED) is 0.792. The molecule has 0 bridgehead atoms. The number of urea groups is 1. The molecule has 1 aliphatic rings. The highest BCUT2D eigenvalue weighted by molar-refractivity contribution is 7.13. The van der Waals surface area contributed by atoms with Gasteiger partial charge >= 0.3 is 12.0 Å². The molecule has 0 spiro atoms. The first-order chi connectivity index (χ1) is 7.68. The van der Waals surface area contributed by atoms with E-state index in [9.17, 15) is 9.59 Å². The molecule has 1 aromatic rings. The van der Waals surface area contributed by atoms with E-state index in [1.54, 1.807) is 0 Å². The van der Waals surface area contributed by atoms with Gasteiger partial charge in [-0.1, -0.05) is 11.3 Å². The Labute approximate surface area is 95.1 Å². The van der Waals surface area contributed by atoms with Gasteiger partial charge in [-0.05, 0) is 12.8 Å². The van der Waals surface area contributed by atoms with Gasteiger partial charge in [0.15, 0.2) is 0 Å². The van der Waals surface area contributed by atoms with Gasteiger partial charge in [0.2, 0.25) is 5.13 Å². The molecule has 0 aromatic carbocycles. The SMILES string of the molecule is O=C(O)[C@H]1CCCN1C(=O)Nc1nncs1. The molecule has 0 aliphatic carbocycles. The van der Waals surface area contributed by atoms with E-state index in [1.165, 1.54) is 21.7 Å². The number of carbonyl (C=O) groups excluding carboxylic acids is 1. The molecule has 1 fully saturated rings. The number of hydrogen-bond donors (Lipinski definition) is 2. The van der Waals surface area contributed by atoms with Crippen molar-refractivity contribution in [3.8, 4) is 0 Å². The number of aliphatic carboxylic acids is 1. The second-order valence-corrected chi connectivity index (χ2v) is 4.20. The number of rotatable bonds is 2. The van der Waals surface area contributed by atoms with Gasteiger partial charge in [-0.2, -0.15) is 0 Å². The minimum absolute atomic E-state index is 0.376. The summed E-state index contributed by atoms with van der Waals surface area (Å²) in [4.78, 5) is 23.9. The van der Waals surface area contributed by atoms with E-state index in [0.717, 1.165) is 0 Å². The molecule has 86 valence electrons. The van der Waals surface area contributed by atoms with Crippen LogP contribution in [0.4, 0.5) is 9.93 Å². The number of nitrogens with one attached hydrogen (secondary N) is 1. The Morgan fingerprint density at radius 1 is 1.62 bits per heavy atom. The summed E-state index contributed by atoms with van der Waals surface area (Å²) in [7, 11) is 0. The number of hydrogen-bond acceptors (Lipinski definition) is 5. The molecule has 1 aliphatic heterocycles. The fraction of sp³-hybridized carbons (Fsp3) is 0.500. The monoisotopic (exact) mass is 242 g/mol. The van der Waals surface area contributed by atoms with Crippen LogP contribution in [0.5, 0.6) is 0 Å². The molecule has 1 aromatic heterocycles. The van der Waals surface area contributed by atoms with Gasteiger partial charge in [-0.3, -0.25) is 5.32 Å². The molecule has 8 heteroatoms. The highest BCUT2D eigenvalue weighted by atomic mass is 32.1. The Morgan fingerprint density at radius 3 is 3.06 bits per heavy atom. The highest BCUT2D eigenvalue weighted by Crippen LogP contribution is 2.19. The fourth-order valence-corrected chi connectivity index (χ4v) is 2.09. The second-order valence-electron chi connectivity index (χ2n) is 3.36. The Balaban J connectivity index is 2.01. The zero-order valence-electron chi connectivity index (χ0n) is 8.29. The predicted octanol–water partition coefficient (Wildman–Crippen LogP) is 0.619. The number of carboxylic acids is 1. The number of carboxylic acid groups (broad SMARTS) is 1. The Hall–Kier alpha value is -1.70. The van der Waals surface area contributed by atoms with Crippen LogP contribution in [0.3, 0.4) is 0 Å². The topological polar surface area (TPSA) is 95.4 Å². The van der Waals surface area contributed by atoms with Crippen LogP contribution in [-0.2, 0) is 4.79 Å². The number of anilines is 1. The third kappa shape index (κ3) is 2.11. The summed E-state index contributed by atoms with van der Waals surface area (Å²) in [5, 5.41) is 19.0. The van der Waals surface area contributed by atoms with E-state index in [0.29, 0.717) is 24.5 Å². The molecular weight excluding hydrogens is 232 g/mol. The van der Waals surface area contributed by atoms with Crippen molar-refractivity contribution >= 4 is 28.5 Å². The van der Waals surface area contributed by atoms with Crippen molar-refractivity contribution in [1.82, 2.24) is 15.1 Å². The van der Waals surface area contributed by atoms with E-state index >= 15 is 0 Å². The first kappa shape index (κ1) is 10.8. The van der Waals surface area contributed by atoms with Crippen LogP contribution in [0.1, 0.15) is 12.8 Å². The van der Waals surface area contributed by atoms with E-state index in [-0.39, 0.29) is 0 Å². The first-order valence-electron chi connectivity index (χ1n) is 4.75. The van der Waals surface area contributed by atoms with Crippen LogP contribution < -0.4 is 5.32 Å². The van der Waals surface area contributed by atoms with Crippen LogP contribution in [0.2, 0.25) is 0 Å². The largest absolute Gasteiger partial charge is 0.480 e. The van der Waals surface area contributed by atoms with Crippen molar-refractivity contribution in [2.45, 2.75) is 18.9 Å². The van der Waals surface area contributed by atoms with E-state index in [2.05, 4.69) is 15.5 Å². The molecular formula is C8H10N4O3S. The maximum Gasteiger partial charge on any atom is 0.326 e. The lowest BCUT2D eigenvalue weighted by molar-refractivity contribution is -0.141. The summed E-state index contributed by atoms with van der Waals surface area (Å²) in [5.74, 6) is -0.968. The van der Waals surface area contributed by atoms with Crippen molar-refractivity contribution in [2.75, 3.05) is 11.9 Å². The fourth-order valence-electron chi connectivity index (χ4n) is 1.66. The smallest absolute Gasteiger partial charge is 0.326 e. The van der Waals surface area contributed by atoms with Crippen molar-refractivity contribution in [3.63, 3.8) is 0 Å². The maximum atomic E-state index is 11.7. The first-order valence-corrected chi connectivity index (χ1v) is 5.63. The summed E-state index contributed by atoms with van der Waals surface area (Å²) >= 11 is 1.19. The lowest BCUT2D eigenvalue weighted by Gasteiger charge is -2.20. The number of amides is 2. The molecule has 2 rings (SSSR count). The van der Waals surface area contributed by atoms with E-state index in [4.69, 9.17) is 5.11 Å². The molecule has 2 heterocycles. The molecule has 16 heavy (non-hydrogen) atoms. The number of likely N-dealkylation sites (tertiary alicyclic amines) is 1. The van der Waals surface area contributed by atoms with E-state index in [1.807, 2.05) is 0 Å². The summed E-state index contributed by atoms with van der Waals surface area (Å²) in [6, 6.07) is -1.16. The van der Waals surface area contributed by atoms with Crippen molar-refractivity contribution in [1.29, 1.82) is 0 Å². The Morgan fingerprint density at radius 2 is 2.44 bits per heavy atom. The molecule has 0 saturated carbocycles. The third-order valence-electron chi connectivity index (χ3n) is 2.37. The lowest BCUT2D eigenvalue weighted by Crippen LogP contribution is -2.42. The number of nitrogens with zero attached hydrogens (tertiary/aromatic N) is 3. The van der Waals surface area contributed by atoms with Crippen LogP contribution in [0.25, 0.3) is 0 Å². The summed E-state index contributed by atoms with van der Waals surface area (Å²) in [6.07, 6.45) is 1.21. The predicted molar refractivity (Wildman–Crippen MR) is 56.3 cm³/mol. The van der Waals surface area contributed by atoms with Crippen LogP contribution in [0.15, 0.2) is 5.51 Å². The average molecular weight is 242 g/mol. The normalized spacial score (nSPS) is 19.8. The Kier molecular flexibility index (Phi) is 3.00. The zero-order chi connectivity index (χ0) is 11.5. The van der Waals surface area contributed by atoms with Crippen molar-refractivity contribution in [3.05, 3.63) is 5.51 Å². The lowest BCUT2D eigenvalue weighted by atomic mass is 10.2. The minimum atomic E-state index is -0.968. The van der Waals surface area contributed by atoms with Crippen molar-refractivity contribution in [2.24, 2.45) is 0 Å². The van der Waals surface area contributed by atoms with Gasteiger partial charge in [0, 0.05) is 6.54 Å². The minimum Gasteiger partial charge on any atom is -0.480 e. The summed E-state index contributed by atoms with van der Waals surface area (Å²) < 4.78 is 0. The third-order valence-corrected chi connectivity index (χ3v) is 2.98. The highest BCUT2D eigenvalue weighted by Gasteiger charge is 2.34. The van der Waals surface area contributed by atoms with Gasteiger partial charge < -0.3 is 10.0 Å². The summed E-state index contributed by atoms with van der Waals surface area (Å²) in [6.45, 7) is 0.460. The standard InChI is InChI=1S/C8H10N4O3S/c13-6(14)5-2-1-3-12(5)8(15)10-7-11-9-4-16-7/h4-5H,1-3H2,(H,13,14)(H,10,11,15)/t5-/m1/s1. The average Bonchev–Trinajstić information content (AvgIpc) is 2.86. The van der Waals surface area contributed by atoms with Gasteiger partial charge in [0.25, 0.3) is 0 Å². The molecule has 0 unspecified atom stereocenters. The molecule has 1 saturated heterocycles. The van der Waals surface area contributed by atoms with Crippen LogP contribution in [0, 0.1) is 0 Å². The number of carbonyl (C=O) groups is 2. The molecule has 2 amide bonds. The van der Waals surface area contributed by atoms with Crippen LogP contribution >= 0.6 is 11.3 Å². The van der Waals surface area contributed by atoms with Gasteiger partial charge in [0.1, 0.15) is 11.6 Å². The maximum absolute atomic E-state index is 11.7. The van der Waals surface area contributed by atoms with Crippen LogP contribution in [-0.4, -0.2) is 44.8 Å². The van der Waals surface area contributed by atoms with Gasteiger partial charge in [-0.15, -0.1) is 10.2 Å². The second kappa shape index (κ2) is 4.44. The Bertz CT molecular complexity index is 394. The molecule has 1 atom stereocenters. The van der Waals surface area contributed by atoms with Crippen molar-refractivity contribution < 1.29 is 14.7 Å². The zero-order valence-corrected chi connectivity index (χ0v) is 9.11. The molecule has 7 nitrogen and oxygen atoms in total. The van der Waals surface area contributed by atoms with Gasteiger partial charge in [-0.25, -0.2) is 9.59 Å².